The second-order valence-corrected chi connectivity index (χ2v) is 4.22. The molecule has 0 aliphatic heterocycles. The van der Waals surface area contributed by atoms with Crippen LogP contribution in [0.3, 0.4) is 0 Å². The number of halogens is 1. The normalized spacial score (nSPS) is 10.7. The maximum absolute atomic E-state index is 5.82. The maximum Gasteiger partial charge on any atom is 0.141 e. The Bertz CT molecular complexity index is 678. The van der Waals surface area contributed by atoms with Crippen LogP contribution in [0, 0.1) is 0 Å². The summed E-state index contributed by atoms with van der Waals surface area (Å²) in [5, 5.41) is 4.24. The van der Waals surface area contributed by atoms with Crippen LogP contribution in [0.25, 0.3) is 11.0 Å². The van der Waals surface area contributed by atoms with Crippen molar-refractivity contribution in [3.8, 4) is 0 Å². The summed E-state index contributed by atoms with van der Waals surface area (Å²) >= 11 is 5.82. The molecule has 2 aromatic heterocycles. The standard InChI is InChI=1S/C14H11ClN2O/c15-9-10-2-1-3-11(8-10)17-14-12-5-7-18-13(12)4-6-16-14/h1-8H,9H2,(H,16,17). The molecule has 0 radical (unpaired) electrons. The molecule has 0 spiro atoms. The fraction of sp³-hybridized carbons (Fsp3) is 0.0714. The third kappa shape index (κ3) is 2.05. The monoisotopic (exact) mass is 258 g/mol. The van der Waals surface area contributed by atoms with E-state index < -0.39 is 0 Å². The zero-order valence-electron chi connectivity index (χ0n) is 9.56. The van der Waals surface area contributed by atoms with Crippen molar-refractivity contribution in [2.45, 2.75) is 5.88 Å². The molecule has 0 unspecified atom stereocenters. The van der Waals surface area contributed by atoms with E-state index in [2.05, 4.69) is 10.3 Å². The first-order valence-electron chi connectivity index (χ1n) is 5.61. The van der Waals surface area contributed by atoms with E-state index in [1.807, 2.05) is 36.4 Å². The lowest BCUT2D eigenvalue weighted by molar-refractivity contribution is 0.615. The fourth-order valence-electron chi connectivity index (χ4n) is 1.86. The van der Waals surface area contributed by atoms with Crippen LogP contribution in [0.2, 0.25) is 0 Å². The highest BCUT2D eigenvalue weighted by Crippen LogP contribution is 2.25. The van der Waals surface area contributed by atoms with Crippen molar-refractivity contribution in [2.24, 2.45) is 0 Å². The molecule has 90 valence electrons. The van der Waals surface area contributed by atoms with Gasteiger partial charge >= 0.3 is 0 Å². The lowest BCUT2D eigenvalue weighted by Gasteiger charge is -2.07. The van der Waals surface area contributed by atoms with Crippen molar-refractivity contribution < 1.29 is 4.42 Å². The number of fused-ring (bicyclic) bond motifs is 1. The van der Waals surface area contributed by atoms with Crippen LogP contribution in [0.1, 0.15) is 5.56 Å². The van der Waals surface area contributed by atoms with Gasteiger partial charge in [-0.1, -0.05) is 12.1 Å². The number of nitrogens with one attached hydrogen (secondary N) is 1. The molecule has 0 aliphatic rings. The van der Waals surface area contributed by atoms with Crippen LogP contribution in [-0.2, 0) is 5.88 Å². The van der Waals surface area contributed by atoms with Crippen molar-refractivity contribution >= 4 is 34.1 Å². The van der Waals surface area contributed by atoms with E-state index >= 15 is 0 Å². The highest BCUT2D eigenvalue weighted by molar-refractivity contribution is 6.17. The van der Waals surface area contributed by atoms with Gasteiger partial charge in [0.1, 0.15) is 11.4 Å². The first-order chi connectivity index (χ1) is 8.86. The van der Waals surface area contributed by atoms with Crippen LogP contribution in [0.4, 0.5) is 11.5 Å². The highest BCUT2D eigenvalue weighted by Gasteiger charge is 2.05. The zero-order valence-corrected chi connectivity index (χ0v) is 10.3. The van der Waals surface area contributed by atoms with E-state index in [9.17, 15) is 0 Å². The van der Waals surface area contributed by atoms with Gasteiger partial charge in [0.15, 0.2) is 0 Å². The molecule has 0 atom stereocenters. The summed E-state index contributed by atoms with van der Waals surface area (Å²) in [5.74, 6) is 1.28. The number of hydrogen-bond donors (Lipinski definition) is 1. The van der Waals surface area contributed by atoms with Crippen molar-refractivity contribution in [2.75, 3.05) is 5.32 Å². The minimum absolute atomic E-state index is 0.499. The second kappa shape index (κ2) is 4.70. The maximum atomic E-state index is 5.82. The lowest BCUT2D eigenvalue weighted by Crippen LogP contribution is -1.94. The quantitative estimate of drug-likeness (QED) is 0.712. The molecule has 1 aromatic carbocycles. The highest BCUT2D eigenvalue weighted by atomic mass is 35.5. The van der Waals surface area contributed by atoms with Crippen LogP contribution in [0.5, 0.6) is 0 Å². The number of furan rings is 1. The van der Waals surface area contributed by atoms with E-state index in [0.717, 1.165) is 28.0 Å². The number of aromatic nitrogens is 1. The molecular weight excluding hydrogens is 248 g/mol. The second-order valence-electron chi connectivity index (χ2n) is 3.95. The van der Waals surface area contributed by atoms with Gasteiger partial charge in [-0.15, -0.1) is 11.6 Å². The van der Waals surface area contributed by atoms with Gasteiger partial charge in [-0.3, -0.25) is 0 Å². The number of alkyl halides is 1. The Balaban J connectivity index is 1.98. The molecule has 0 amide bonds. The molecule has 0 fully saturated rings. The minimum Gasteiger partial charge on any atom is -0.464 e. The summed E-state index contributed by atoms with van der Waals surface area (Å²) in [6.07, 6.45) is 3.38. The van der Waals surface area contributed by atoms with Gasteiger partial charge in [-0.2, -0.15) is 0 Å². The van der Waals surface area contributed by atoms with Crippen molar-refractivity contribution in [3.63, 3.8) is 0 Å². The molecule has 0 saturated heterocycles. The molecule has 0 bridgehead atoms. The van der Waals surface area contributed by atoms with Gasteiger partial charge in [0.2, 0.25) is 0 Å². The fourth-order valence-corrected chi connectivity index (χ4v) is 2.03. The molecule has 0 aliphatic carbocycles. The van der Waals surface area contributed by atoms with Gasteiger partial charge in [0.05, 0.1) is 11.6 Å². The van der Waals surface area contributed by atoms with Gasteiger partial charge in [-0.25, -0.2) is 4.98 Å². The van der Waals surface area contributed by atoms with E-state index in [1.54, 1.807) is 12.5 Å². The van der Waals surface area contributed by atoms with E-state index in [0.29, 0.717) is 5.88 Å². The Morgan fingerprint density at radius 2 is 2.17 bits per heavy atom. The Morgan fingerprint density at radius 3 is 3.06 bits per heavy atom. The van der Waals surface area contributed by atoms with Crippen molar-refractivity contribution in [1.82, 2.24) is 4.98 Å². The van der Waals surface area contributed by atoms with Gasteiger partial charge in [0, 0.05) is 17.8 Å². The number of benzene rings is 1. The molecule has 4 heteroatoms. The number of hydrogen-bond acceptors (Lipinski definition) is 3. The zero-order chi connectivity index (χ0) is 12.4. The molecule has 1 N–H and O–H groups in total. The van der Waals surface area contributed by atoms with Crippen molar-refractivity contribution in [3.05, 3.63) is 54.4 Å². The smallest absolute Gasteiger partial charge is 0.141 e. The predicted molar refractivity (Wildman–Crippen MR) is 73.3 cm³/mol. The minimum atomic E-state index is 0.499. The van der Waals surface area contributed by atoms with E-state index in [-0.39, 0.29) is 0 Å². The summed E-state index contributed by atoms with van der Waals surface area (Å²) in [7, 11) is 0. The molecule has 3 aromatic rings. The van der Waals surface area contributed by atoms with E-state index in [1.165, 1.54) is 0 Å². The summed E-state index contributed by atoms with van der Waals surface area (Å²) in [6.45, 7) is 0. The molecular formula is C14H11ClN2O. The summed E-state index contributed by atoms with van der Waals surface area (Å²) < 4.78 is 5.34. The summed E-state index contributed by atoms with van der Waals surface area (Å²) in [6, 6.07) is 11.7. The lowest BCUT2D eigenvalue weighted by atomic mass is 10.2. The molecule has 0 saturated carbocycles. The van der Waals surface area contributed by atoms with Gasteiger partial charge in [0.25, 0.3) is 0 Å². The van der Waals surface area contributed by atoms with Gasteiger partial charge < -0.3 is 9.73 Å². The van der Waals surface area contributed by atoms with Crippen LogP contribution in [-0.4, -0.2) is 4.98 Å². The predicted octanol–water partition coefficient (Wildman–Crippen LogP) is 4.31. The molecule has 3 rings (SSSR count). The molecule has 2 heterocycles. The van der Waals surface area contributed by atoms with Gasteiger partial charge in [-0.05, 0) is 29.8 Å². The summed E-state index contributed by atoms with van der Waals surface area (Å²) in [4.78, 5) is 4.33. The van der Waals surface area contributed by atoms with Crippen LogP contribution < -0.4 is 5.32 Å². The first kappa shape index (κ1) is 11.1. The number of rotatable bonds is 3. The van der Waals surface area contributed by atoms with Crippen molar-refractivity contribution in [1.29, 1.82) is 0 Å². The number of nitrogens with zero attached hydrogens (tertiary/aromatic N) is 1. The van der Waals surface area contributed by atoms with Crippen LogP contribution >= 0.6 is 11.6 Å². The average molecular weight is 259 g/mol. The third-order valence-corrected chi connectivity index (χ3v) is 3.03. The molecule has 18 heavy (non-hydrogen) atoms. The number of anilines is 2. The average Bonchev–Trinajstić information content (AvgIpc) is 2.88. The Hall–Kier alpha value is -2.00. The van der Waals surface area contributed by atoms with Crippen LogP contribution in [0.15, 0.2) is 53.3 Å². The Morgan fingerprint density at radius 1 is 1.22 bits per heavy atom. The van der Waals surface area contributed by atoms with E-state index in [4.69, 9.17) is 16.0 Å². The molecule has 3 nitrogen and oxygen atoms in total. The first-order valence-corrected chi connectivity index (χ1v) is 6.14. The largest absolute Gasteiger partial charge is 0.464 e. The third-order valence-electron chi connectivity index (χ3n) is 2.72. The number of pyridine rings is 1. The Labute approximate surface area is 109 Å². The topological polar surface area (TPSA) is 38.1 Å². The Kier molecular flexibility index (Phi) is 2.90. The SMILES string of the molecule is ClCc1cccc(Nc2nccc3occc23)c1. The summed E-state index contributed by atoms with van der Waals surface area (Å²) in [5.41, 5.74) is 2.86.